The minimum absolute atomic E-state index is 0.0437. The highest BCUT2D eigenvalue weighted by molar-refractivity contribution is 6.29. The monoisotopic (exact) mass is 183 g/mol. The second-order valence-electron chi connectivity index (χ2n) is 2.45. The van der Waals surface area contributed by atoms with Gasteiger partial charge >= 0.3 is 0 Å². The Balaban J connectivity index is 2.94. The SMILES string of the molecule is Cc1cc(Cl)ncc1C=CCO. The number of halogens is 1. The molecule has 0 bridgehead atoms. The molecule has 64 valence electrons. The topological polar surface area (TPSA) is 33.1 Å². The Bertz CT molecular complexity index is 297. The van der Waals surface area contributed by atoms with Gasteiger partial charge in [0.05, 0.1) is 6.61 Å². The van der Waals surface area contributed by atoms with Crippen molar-refractivity contribution < 1.29 is 5.11 Å². The lowest BCUT2D eigenvalue weighted by molar-refractivity contribution is 0.343. The molecule has 0 saturated carbocycles. The molecular formula is C9H10ClNO. The molecule has 0 aliphatic heterocycles. The highest BCUT2D eigenvalue weighted by Crippen LogP contribution is 2.12. The Morgan fingerprint density at radius 3 is 3.00 bits per heavy atom. The largest absolute Gasteiger partial charge is 0.392 e. The van der Waals surface area contributed by atoms with Gasteiger partial charge in [0, 0.05) is 6.20 Å². The van der Waals surface area contributed by atoms with E-state index in [0.717, 1.165) is 11.1 Å². The molecule has 1 heterocycles. The number of pyridine rings is 1. The van der Waals surface area contributed by atoms with Crippen molar-refractivity contribution >= 4 is 17.7 Å². The van der Waals surface area contributed by atoms with Crippen LogP contribution in [0.5, 0.6) is 0 Å². The van der Waals surface area contributed by atoms with E-state index in [1.54, 1.807) is 18.3 Å². The maximum absolute atomic E-state index is 8.54. The van der Waals surface area contributed by atoms with E-state index in [1.807, 2.05) is 13.0 Å². The molecule has 0 aliphatic carbocycles. The highest BCUT2D eigenvalue weighted by Gasteiger charge is 1.95. The van der Waals surface area contributed by atoms with Gasteiger partial charge in [0.15, 0.2) is 0 Å². The van der Waals surface area contributed by atoms with Crippen LogP contribution in [0.3, 0.4) is 0 Å². The first-order valence-electron chi connectivity index (χ1n) is 3.63. The third-order valence-electron chi connectivity index (χ3n) is 1.52. The molecule has 0 amide bonds. The zero-order valence-corrected chi connectivity index (χ0v) is 7.54. The van der Waals surface area contributed by atoms with Gasteiger partial charge in [0.2, 0.25) is 0 Å². The van der Waals surface area contributed by atoms with Crippen molar-refractivity contribution in [3.05, 3.63) is 34.6 Å². The Morgan fingerprint density at radius 1 is 1.67 bits per heavy atom. The Hall–Kier alpha value is -0.860. The van der Waals surface area contributed by atoms with Gasteiger partial charge in [-0.3, -0.25) is 0 Å². The molecule has 0 saturated heterocycles. The Kier molecular flexibility index (Phi) is 3.26. The summed E-state index contributed by atoms with van der Waals surface area (Å²) in [6, 6.07) is 1.79. The van der Waals surface area contributed by atoms with Crippen molar-refractivity contribution in [2.75, 3.05) is 6.61 Å². The van der Waals surface area contributed by atoms with Crippen molar-refractivity contribution in [1.29, 1.82) is 0 Å². The molecule has 0 radical (unpaired) electrons. The van der Waals surface area contributed by atoms with E-state index in [1.165, 1.54) is 0 Å². The Morgan fingerprint density at radius 2 is 2.42 bits per heavy atom. The summed E-state index contributed by atoms with van der Waals surface area (Å²) >= 11 is 5.67. The summed E-state index contributed by atoms with van der Waals surface area (Å²) in [4.78, 5) is 3.93. The summed E-state index contributed by atoms with van der Waals surface area (Å²) in [5, 5.41) is 9.03. The summed E-state index contributed by atoms with van der Waals surface area (Å²) in [6.07, 6.45) is 5.17. The molecule has 0 aromatic carbocycles. The van der Waals surface area contributed by atoms with Gasteiger partial charge in [0.25, 0.3) is 0 Å². The summed E-state index contributed by atoms with van der Waals surface area (Å²) in [5.41, 5.74) is 2.04. The van der Waals surface area contributed by atoms with Crippen LogP contribution in [-0.2, 0) is 0 Å². The third-order valence-corrected chi connectivity index (χ3v) is 1.73. The smallest absolute Gasteiger partial charge is 0.129 e. The van der Waals surface area contributed by atoms with Crippen molar-refractivity contribution in [1.82, 2.24) is 4.98 Å². The molecule has 1 rings (SSSR count). The number of aryl methyl sites for hydroxylation is 1. The second-order valence-corrected chi connectivity index (χ2v) is 2.84. The van der Waals surface area contributed by atoms with Crippen LogP contribution in [0.1, 0.15) is 11.1 Å². The zero-order chi connectivity index (χ0) is 8.97. The fraction of sp³-hybridized carbons (Fsp3) is 0.222. The van der Waals surface area contributed by atoms with Crippen LogP contribution in [0.2, 0.25) is 5.15 Å². The van der Waals surface area contributed by atoms with Crippen LogP contribution in [0.15, 0.2) is 18.3 Å². The van der Waals surface area contributed by atoms with Gasteiger partial charge in [-0.15, -0.1) is 0 Å². The minimum Gasteiger partial charge on any atom is -0.392 e. The van der Waals surface area contributed by atoms with E-state index in [0.29, 0.717) is 5.15 Å². The number of aromatic nitrogens is 1. The van der Waals surface area contributed by atoms with Crippen LogP contribution < -0.4 is 0 Å². The van der Waals surface area contributed by atoms with Crippen LogP contribution in [-0.4, -0.2) is 16.7 Å². The molecule has 12 heavy (non-hydrogen) atoms. The fourth-order valence-electron chi connectivity index (χ4n) is 0.886. The molecule has 3 heteroatoms. The first kappa shape index (κ1) is 9.23. The lowest BCUT2D eigenvalue weighted by Crippen LogP contribution is -1.84. The lowest BCUT2D eigenvalue weighted by Gasteiger charge is -1.98. The van der Waals surface area contributed by atoms with E-state index >= 15 is 0 Å². The molecule has 0 spiro atoms. The van der Waals surface area contributed by atoms with Crippen molar-refractivity contribution in [3.8, 4) is 0 Å². The quantitative estimate of drug-likeness (QED) is 0.712. The number of hydrogen-bond acceptors (Lipinski definition) is 2. The van der Waals surface area contributed by atoms with E-state index in [9.17, 15) is 0 Å². The fourth-order valence-corrected chi connectivity index (χ4v) is 1.10. The molecule has 0 fully saturated rings. The normalized spacial score (nSPS) is 10.9. The molecule has 0 unspecified atom stereocenters. The number of aliphatic hydroxyl groups is 1. The maximum Gasteiger partial charge on any atom is 0.129 e. The average molecular weight is 184 g/mol. The molecule has 2 nitrogen and oxygen atoms in total. The van der Waals surface area contributed by atoms with Gasteiger partial charge in [-0.2, -0.15) is 0 Å². The van der Waals surface area contributed by atoms with Gasteiger partial charge in [-0.1, -0.05) is 23.8 Å². The number of aliphatic hydroxyl groups excluding tert-OH is 1. The number of nitrogens with zero attached hydrogens (tertiary/aromatic N) is 1. The predicted octanol–water partition coefficient (Wildman–Crippen LogP) is 2.05. The van der Waals surface area contributed by atoms with Gasteiger partial charge < -0.3 is 5.11 Å². The highest BCUT2D eigenvalue weighted by atomic mass is 35.5. The lowest BCUT2D eigenvalue weighted by atomic mass is 10.1. The molecule has 1 aromatic rings. The van der Waals surface area contributed by atoms with E-state index in [-0.39, 0.29) is 6.61 Å². The third kappa shape index (κ3) is 2.32. The minimum atomic E-state index is 0.0437. The second kappa shape index (κ2) is 4.24. The maximum atomic E-state index is 8.54. The summed E-state index contributed by atoms with van der Waals surface area (Å²) < 4.78 is 0. The zero-order valence-electron chi connectivity index (χ0n) is 6.79. The van der Waals surface area contributed by atoms with Crippen molar-refractivity contribution in [3.63, 3.8) is 0 Å². The van der Waals surface area contributed by atoms with Crippen LogP contribution in [0, 0.1) is 6.92 Å². The van der Waals surface area contributed by atoms with Crippen LogP contribution >= 0.6 is 11.6 Å². The summed E-state index contributed by atoms with van der Waals surface area (Å²) in [6.45, 7) is 1.99. The summed E-state index contributed by atoms with van der Waals surface area (Å²) in [7, 11) is 0. The average Bonchev–Trinajstić information content (AvgIpc) is 2.03. The van der Waals surface area contributed by atoms with E-state index in [2.05, 4.69) is 4.98 Å². The van der Waals surface area contributed by atoms with Gasteiger partial charge in [0.1, 0.15) is 5.15 Å². The van der Waals surface area contributed by atoms with E-state index < -0.39 is 0 Å². The predicted molar refractivity (Wildman–Crippen MR) is 50.1 cm³/mol. The number of hydrogen-bond donors (Lipinski definition) is 1. The molecular weight excluding hydrogens is 174 g/mol. The molecule has 0 atom stereocenters. The first-order valence-corrected chi connectivity index (χ1v) is 4.01. The first-order chi connectivity index (χ1) is 5.74. The van der Waals surface area contributed by atoms with Crippen molar-refractivity contribution in [2.45, 2.75) is 6.92 Å². The Labute approximate surface area is 76.5 Å². The number of rotatable bonds is 2. The van der Waals surface area contributed by atoms with Gasteiger partial charge in [-0.05, 0) is 24.1 Å². The van der Waals surface area contributed by atoms with Crippen LogP contribution in [0.25, 0.3) is 6.08 Å². The van der Waals surface area contributed by atoms with Gasteiger partial charge in [-0.25, -0.2) is 4.98 Å². The molecule has 1 aromatic heterocycles. The molecule has 1 N–H and O–H groups in total. The standard InChI is InChI=1S/C9H10ClNO/c1-7-5-9(10)11-6-8(7)3-2-4-12/h2-3,5-6,12H,4H2,1H3. The van der Waals surface area contributed by atoms with Crippen molar-refractivity contribution in [2.24, 2.45) is 0 Å². The molecule has 0 aliphatic rings. The van der Waals surface area contributed by atoms with E-state index in [4.69, 9.17) is 16.7 Å². The summed E-state index contributed by atoms with van der Waals surface area (Å²) in [5.74, 6) is 0. The van der Waals surface area contributed by atoms with Crippen LogP contribution in [0.4, 0.5) is 0 Å².